The summed E-state index contributed by atoms with van der Waals surface area (Å²) in [6.07, 6.45) is 0. The van der Waals surface area contributed by atoms with Gasteiger partial charge in [0.05, 0.1) is 46.1 Å². The lowest BCUT2D eigenvalue weighted by molar-refractivity contribution is -0.917. The Morgan fingerprint density at radius 1 is 1.18 bits per heavy atom. The predicted octanol–water partition coefficient (Wildman–Crippen LogP) is 1.15. The van der Waals surface area contributed by atoms with Crippen LogP contribution in [0.1, 0.15) is 17.0 Å². The summed E-state index contributed by atoms with van der Waals surface area (Å²) in [6.45, 7) is 9.26. The van der Waals surface area contributed by atoms with E-state index in [1.54, 1.807) is 19.1 Å². The molecule has 1 saturated heterocycles. The quantitative estimate of drug-likeness (QED) is 0.730. The number of nitrogens with zero attached hydrogens (tertiary/aromatic N) is 3. The molecule has 1 aromatic heterocycles. The van der Waals surface area contributed by atoms with E-state index in [0.29, 0.717) is 11.5 Å². The molecule has 0 saturated carbocycles. The van der Waals surface area contributed by atoms with Crippen molar-refractivity contribution >= 4 is 23.0 Å². The summed E-state index contributed by atoms with van der Waals surface area (Å²) in [7, 11) is 5.27. The van der Waals surface area contributed by atoms with Crippen molar-refractivity contribution in [2.24, 2.45) is 7.05 Å². The maximum Gasteiger partial charge on any atom is 0.173 e. The highest BCUT2D eigenvalue weighted by Gasteiger charge is 2.24. The molecule has 1 aliphatic heterocycles. The summed E-state index contributed by atoms with van der Waals surface area (Å²) < 4.78 is 12.6. The second kappa shape index (κ2) is 8.79. The third-order valence-corrected chi connectivity index (χ3v) is 5.84. The van der Waals surface area contributed by atoms with E-state index in [0.717, 1.165) is 49.2 Å². The number of anilines is 1. The van der Waals surface area contributed by atoms with Crippen LogP contribution in [0.2, 0.25) is 0 Å². The van der Waals surface area contributed by atoms with E-state index in [-0.39, 0.29) is 0 Å². The highest BCUT2D eigenvalue weighted by atomic mass is 32.1. The van der Waals surface area contributed by atoms with Crippen LogP contribution in [-0.4, -0.2) is 60.2 Å². The molecule has 2 heterocycles. The summed E-state index contributed by atoms with van der Waals surface area (Å²) in [4.78, 5) is 3.81. The Bertz CT molecular complexity index is 843. The van der Waals surface area contributed by atoms with Gasteiger partial charge in [0.2, 0.25) is 0 Å². The van der Waals surface area contributed by atoms with Gasteiger partial charge in [0.25, 0.3) is 0 Å². The van der Waals surface area contributed by atoms with Gasteiger partial charge in [0.1, 0.15) is 6.54 Å². The average Bonchev–Trinajstić information content (AvgIpc) is 2.94. The third kappa shape index (κ3) is 4.39. The normalized spacial score (nSPS) is 14.8. The number of ether oxygens (including phenoxy) is 2. The summed E-state index contributed by atoms with van der Waals surface area (Å²) in [5.41, 5.74) is 4.68. The van der Waals surface area contributed by atoms with Crippen LogP contribution in [0.4, 0.5) is 5.69 Å². The standard InChI is InChI=1S/C20H29N5O2S/c1-14-17(15(2)23(3)22-14)13-24-8-10-25(11-9-24)20(28)21-16-6-7-18(26-4)19(12-16)27-5/h6-7,12H,8-11,13H2,1-5H3,(H,21,28)/p+1. The van der Waals surface area contributed by atoms with Crippen molar-refractivity contribution in [3.63, 3.8) is 0 Å². The zero-order valence-electron chi connectivity index (χ0n) is 17.3. The number of aryl methyl sites for hydroxylation is 2. The lowest BCUT2D eigenvalue weighted by Gasteiger charge is -2.34. The maximum absolute atomic E-state index is 5.63. The minimum atomic E-state index is 0.687. The first-order valence-electron chi connectivity index (χ1n) is 9.53. The zero-order valence-corrected chi connectivity index (χ0v) is 18.2. The summed E-state index contributed by atoms with van der Waals surface area (Å²) in [5.74, 6) is 1.39. The largest absolute Gasteiger partial charge is 0.493 e. The van der Waals surface area contributed by atoms with Crippen molar-refractivity contribution in [2.45, 2.75) is 20.4 Å². The highest BCUT2D eigenvalue weighted by Crippen LogP contribution is 2.29. The number of thiocarbonyl (C=S) groups is 1. The number of quaternary nitrogens is 1. The Morgan fingerprint density at radius 2 is 1.86 bits per heavy atom. The second-order valence-electron chi connectivity index (χ2n) is 7.19. The molecule has 0 radical (unpaired) electrons. The monoisotopic (exact) mass is 404 g/mol. The molecule has 0 bridgehead atoms. The molecular weight excluding hydrogens is 374 g/mol. The maximum atomic E-state index is 5.63. The Kier molecular flexibility index (Phi) is 6.41. The topological polar surface area (TPSA) is 56.0 Å². The van der Waals surface area contributed by atoms with Gasteiger partial charge in [-0.25, -0.2) is 0 Å². The van der Waals surface area contributed by atoms with Gasteiger partial charge in [-0.05, 0) is 38.2 Å². The number of hydrogen-bond donors (Lipinski definition) is 2. The van der Waals surface area contributed by atoms with Gasteiger partial charge in [-0.2, -0.15) is 5.10 Å². The molecule has 7 nitrogen and oxygen atoms in total. The SMILES string of the molecule is COc1ccc(NC(=S)N2CC[NH+](Cc3c(C)nn(C)c3C)CC2)cc1OC. The first kappa shape index (κ1) is 20.4. The van der Waals surface area contributed by atoms with E-state index < -0.39 is 0 Å². The number of hydrogen-bond acceptors (Lipinski definition) is 4. The molecule has 1 aromatic carbocycles. The van der Waals surface area contributed by atoms with Gasteiger partial charge in [-0.15, -0.1) is 0 Å². The Balaban J connectivity index is 1.55. The van der Waals surface area contributed by atoms with Crippen LogP contribution in [-0.2, 0) is 13.6 Å². The van der Waals surface area contributed by atoms with Crippen molar-refractivity contribution < 1.29 is 14.4 Å². The minimum absolute atomic E-state index is 0.687. The fourth-order valence-electron chi connectivity index (χ4n) is 3.64. The van der Waals surface area contributed by atoms with Crippen molar-refractivity contribution in [1.29, 1.82) is 0 Å². The lowest BCUT2D eigenvalue weighted by atomic mass is 10.1. The van der Waals surface area contributed by atoms with Crippen molar-refractivity contribution in [3.05, 3.63) is 35.2 Å². The second-order valence-corrected chi connectivity index (χ2v) is 7.57. The molecule has 152 valence electrons. The van der Waals surface area contributed by atoms with E-state index >= 15 is 0 Å². The van der Waals surface area contributed by atoms with Crippen LogP contribution in [0.15, 0.2) is 18.2 Å². The van der Waals surface area contributed by atoms with Gasteiger partial charge in [-0.3, -0.25) is 4.68 Å². The molecule has 28 heavy (non-hydrogen) atoms. The van der Waals surface area contributed by atoms with E-state index in [1.165, 1.54) is 11.3 Å². The molecule has 3 rings (SSSR count). The van der Waals surface area contributed by atoms with E-state index in [2.05, 4.69) is 29.2 Å². The van der Waals surface area contributed by atoms with E-state index in [1.807, 2.05) is 29.9 Å². The molecule has 2 N–H and O–H groups in total. The van der Waals surface area contributed by atoms with E-state index in [9.17, 15) is 0 Å². The Morgan fingerprint density at radius 3 is 2.43 bits per heavy atom. The van der Waals surface area contributed by atoms with Crippen LogP contribution < -0.4 is 19.7 Å². The molecule has 1 fully saturated rings. The predicted molar refractivity (Wildman–Crippen MR) is 114 cm³/mol. The summed E-state index contributed by atoms with van der Waals surface area (Å²) in [6, 6.07) is 5.73. The number of rotatable bonds is 5. The van der Waals surface area contributed by atoms with E-state index in [4.69, 9.17) is 21.7 Å². The third-order valence-electron chi connectivity index (χ3n) is 5.48. The fourth-order valence-corrected chi connectivity index (χ4v) is 3.94. The number of nitrogens with one attached hydrogen (secondary N) is 2. The molecule has 0 aliphatic carbocycles. The van der Waals surface area contributed by atoms with Gasteiger partial charge in [-0.1, -0.05) is 0 Å². The average molecular weight is 405 g/mol. The highest BCUT2D eigenvalue weighted by molar-refractivity contribution is 7.80. The summed E-state index contributed by atoms with van der Waals surface area (Å²) in [5, 5.41) is 8.61. The number of benzene rings is 1. The first-order valence-corrected chi connectivity index (χ1v) is 9.94. The van der Waals surface area contributed by atoms with Crippen LogP contribution in [0.3, 0.4) is 0 Å². The molecule has 8 heteroatoms. The number of piperazine rings is 1. The van der Waals surface area contributed by atoms with Crippen LogP contribution >= 0.6 is 12.2 Å². The number of methoxy groups -OCH3 is 2. The molecular formula is C20H30N5O2S+. The van der Waals surface area contributed by atoms with Crippen LogP contribution in [0.5, 0.6) is 11.5 Å². The van der Waals surface area contributed by atoms with Gasteiger partial charge >= 0.3 is 0 Å². The molecule has 1 aliphatic rings. The Hall–Kier alpha value is -2.32. The van der Waals surface area contributed by atoms with Gasteiger partial charge < -0.3 is 24.6 Å². The number of aromatic nitrogens is 2. The fraction of sp³-hybridized carbons (Fsp3) is 0.500. The summed E-state index contributed by atoms with van der Waals surface area (Å²) >= 11 is 5.63. The smallest absolute Gasteiger partial charge is 0.173 e. The van der Waals surface area contributed by atoms with Crippen LogP contribution in [0, 0.1) is 13.8 Å². The zero-order chi connectivity index (χ0) is 20.3. The van der Waals surface area contributed by atoms with Crippen molar-refractivity contribution in [2.75, 3.05) is 45.7 Å². The molecule has 0 amide bonds. The molecule has 0 spiro atoms. The van der Waals surface area contributed by atoms with Crippen molar-refractivity contribution in [3.8, 4) is 11.5 Å². The molecule has 0 atom stereocenters. The molecule has 2 aromatic rings. The van der Waals surface area contributed by atoms with Gasteiger partial charge in [0.15, 0.2) is 16.6 Å². The van der Waals surface area contributed by atoms with Crippen LogP contribution in [0.25, 0.3) is 0 Å². The lowest BCUT2D eigenvalue weighted by Crippen LogP contribution is -3.13. The first-order chi connectivity index (χ1) is 13.4. The van der Waals surface area contributed by atoms with Crippen molar-refractivity contribution in [1.82, 2.24) is 14.7 Å². The van der Waals surface area contributed by atoms with Gasteiger partial charge in [0, 0.05) is 30.1 Å². The molecule has 0 unspecified atom stereocenters. The Labute approximate surface area is 172 Å². The minimum Gasteiger partial charge on any atom is -0.493 e.